The number of carbonyl (C=O) groups excluding carboxylic acids is 1. The molecule has 4 heteroatoms. The molecule has 1 N–H and O–H groups in total. The fraction of sp³-hybridized carbons (Fsp3) is 0.476. The van der Waals surface area contributed by atoms with Crippen LogP contribution in [0.3, 0.4) is 0 Å². The number of carbonyl (C=O) groups is 1. The molecule has 2 heterocycles. The van der Waals surface area contributed by atoms with Gasteiger partial charge in [-0.25, -0.2) is 4.79 Å². The molecule has 25 heavy (non-hydrogen) atoms. The Morgan fingerprint density at radius 1 is 1.04 bits per heavy atom. The van der Waals surface area contributed by atoms with Crippen molar-refractivity contribution in [3.05, 3.63) is 42.5 Å². The summed E-state index contributed by atoms with van der Waals surface area (Å²) in [5, 5.41) is 5.08. The zero-order chi connectivity index (χ0) is 17.1. The van der Waals surface area contributed by atoms with Crippen molar-refractivity contribution in [2.75, 3.05) is 25.0 Å². The van der Waals surface area contributed by atoms with E-state index in [2.05, 4.69) is 10.2 Å². The maximum absolute atomic E-state index is 12.3. The molecular formula is C21H26N2O2. The molecule has 1 unspecified atom stereocenters. The number of benzene rings is 2. The summed E-state index contributed by atoms with van der Waals surface area (Å²) in [6, 6.07) is 14.6. The first kappa shape index (κ1) is 16.4. The first-order valence-electron chi connectivity index (χ1n) is 9.47. The van der Waals surface area contributed by atoms with Gasteiger partial charge in [0.15, 0.2) is 0 Å². The van der Waals surface area contributed by atoms with E-state index in [1.807, 2.05) is 42.5 Å². The Labute approximate surface area is 149 Å². The molecule has 2 aliphatic heterocycles. The van der Waals surface area contributed by atoms with Gasteiger partial charge in [0.1, 0.15) is 0 Å². The van der Waals surface area contributed by atoms with Crippen molar-refractivity contribution in [2.45, 2.75) is 38.1 Å². The lowest BCUT2D eigenvalue weighted by Gasteiger charge is -2.44. The highest BCUT2D eigenvalue weighted by Crippen LogP contribution is 2.31. The molecule has 2 aromatic carbocycles. The molecule has 0 saturated carbocycles. The van der Waals surface area contributed by atoms with Crippen LogP contribution in [-0.2, 0) is 4.74 Å². The van der Waals surface area contributed by atoms with Crippen molar-refractivity contribution in [3.63, 3.8) is 0 Å². The SMILES string of the molecule is O=C(Nc1cccc2ccccc12)OC[C@@H]1CCCN2CCCCC12. The van der Waals surface area contributed by atoms with Crippen LogP contribution in [0.2, 0.25) is 0 Å². The number of anilines is 1. The van der Waals surface area contributed by atoms with Crippen LogP contribution in [0.25, 0.3) is 10.8 Å². The zero-order valence-electron chi connectivity index (χ0n) is 14.6. The summed E-state index contributed by atoms with van der Waals surface area (Å²) in [4.78, 5) is 14.9. The van der Waals surface area contributed by atoms with Gasteiger partial charge in [-0.1, -0.05) is 42.8 Å². The molecule has 2 aromatic rings. The van der Waals surface area contributed by atoms with Gasteiger partial charge in [0.05, 0.1) is 12.3 Å². The number of hydrogen-bond donors (Lipinski definition) is 1. The van der Waals surface area contributed by atoms with Crippen LogP contribution >= 0.6 is 0 Å². The third-order valence-corrected chi connectivity index (χ3v) is 5.68. The highest BCUT2D eigenvalue weighted by Gasteiger charge is 2.33. The second-order valence-electron chi connectivity index (χ2n) is 7.25. The van der Waals surface area contributed by atoms with E-state index in [1.165, 1.54) is 45.2 Å². The lowest BCUT2D eigenvalue weighted by Crippen LogP contribution is -2.49. The van der Waals surface area contributed by atoms with Gasteiger partial charge in [-0.05, 0) is 50.2 Å². The number of rotatable bonds is 3. The largest absolute Gasteiger partial charge is 0.449 e. The summed E-state index contributed by atoms with van der Waals surface area (Å²) >= 11 is 0. The van der Waals surface area contributed by atoms with Crippen LogP contribution in [0, 0.1) is 5.92 Å². The third kappa shape index (κ3) is 3.64. The monoisotopic (exact) mass is 338 g/mol. The fourth-order valence-electron chi connectivity index (χ4n) is 4.43. The minimum Gasteiger partial charge on any atom is -0.449 e. The topological polar surface area (TPSA) is 41.6 Å². The molecule has 4 rings (SSSR count). The van der Waals surface area contributed by atoms with Crippen LogP contribution < -0.4 is 5.32 Å². The third-order valence-electron chi connectivity index (χ3n) is 5.68. The second kappa shape index (κ2) is 7.44. The van der Waals surface area contributed by atoms with Gasteiger partial charge < -0.3 is 4.74 Å². The lowest BCUT2D eigenvalue weighted by molar-refractivity contribution is 0.0261. The summed E-state index contributed by atoms with van der Waals surface area (Å²) in [6.07, 6.45) is 5.91. The van der Waals surface area contributed by atoms with Crippen LogP contribution in [0.1, 0.15) is 32.1 Å². The number of piperidine rings is 2. The number of amides is 1. The van der Waals surface area contributed by atoms with Gasteiger partial charge in [-0.15, -0.1) is 0 Å². The molecule has 2 atom stereocenters. The number of fused-ring (bicyclic) bond motifs is 2. The molecule has 2 aliphatic rings. The van der Waals surface area contributed by atoms with Crippen molar-refractivity contribution in [3.8, 4) is 0 Å². The molecule has 1 amide bonds. The lowest BCUT2D eigenvalue weighted by atomic mass is 9.84. The molecule has 2 saturated heterocycles. The Morgan fingerprint density at radius 2 is 1.88 bits per heavy atom. The highest BCUT2D eigenvalue weighted by molar-refractivity contribution is 6.00. The van der Waals surface area contributed by atoms with Crippen LogP contribution in [-0.4, -0.2) is 36.7 Å². The molecule has 0 aromatic heterocycles. The average Bonchev–Trinajstić information content (AvgIpc) is 2.66. The maximum atomic E-state index is 12.3. The summed E-state index contributed by atoms with van der Waals surface area (Å²) < 4.78 is 5.61. The van der Waals surface area contributed by atoms with Gasteiger partial charge in [-0.2, -0.15) is 0 Å². The van der Waals surface area contributed by atoms with Crippen LogP contribution in [0.4, 0.5) is 10.5 Å². The zero-order valence-corrected chi connectivity index (χ0v) is 14.6. The minimum atomic E-state index is -0.343. The van der Waals surface area contributed by atoms with Crippen LogP contribution in [0.5, 0.6) is 0 Å². The molecule has 0 spiro atoms. The summed E-state index contributed by atoms with van der Waals surface area (Å²) in [5.74, 6) is 0.479. The first-order chi connectivity index (χ1) is 12.3. The summed E-state index contributed by atoms with van der Waals surface area (Å²) in [7, 11) is 0. The molecular weight excluding hydrogens is 312 g/mol. The van der Waals surface area contributed by atoms with E-state index in [0.29, 0.717) is 18.6 Å². The number of nitrogens with one attached hydrogen (secondary N) is 1. The molecule has 4 nitrogen and oxygen atoms in total. The van der Waals surface area contributed by atoms with E-state index in [9.17, 15) is 4.79 Å². The normalized spacial score (nSPS) is 23.8. The predicted octanol–water partition coefficient (Wildman–Crippen LogP) is 4.65. The van der Waals surface area contributed by atoms with Crippen molar-refractivity contribution in [1.82, 2.24) is 4.90 Å². The van der Waals surface area contributed by atoms with Gasteiger partial charge in [-0.3, -0.25) is 10.2 Å². The van der Waals surface area contributed by atoms with Gasteiger partial charge >= 0.3 is 6.09 Å². The van der Waals surface area contributed by atoms with E-state index >= 15 is 0 Å². The van der Waals surface area contributed by atoms with E-state index < -0.39 is 0 Å². The summed E-state index contributed by atoms with van der Waals surface area (Å²) in [6.45, 7) is 2.95. The second-order valence-corrected chi connectivity index (χ2v) is 7.25. The maximum Gasteiger partial charge on any atom is 0.411 e. The van der Waals surface area contributed by atoms with Gasteiger partial charge in [0.25, 0.3) is 0 Å². The van der Waals surface area contributed by atoms with Crippen molar-refractivity contribution in [2.24, 2.45) is 5.92 Å². The van der Waals surface area contributed by atoms with E-state index in [4.69, 9.17) is 4.74 Å². The van der Waals surface area contributed by atoms with E-state index in [1.54, 1.807) is 0 Å². The number of ether oxygens (including phenoxy) is 1. The standard InChI is InChI=1S/C21H26N2O2/c24-21(22-19-11-5-8-16-7-1-2-10-18(16)19)25-15-17-9-6-14-23-13-4-3-12-20(17)23/h1-2,5,7-8,10-11,17,20H,3-4,6,9,12-15H2,(H,22,24)/t17-,20?/m0/s1. The van der Waals surface area contributed by atoms with Crippen molar-refractivity contribution < 1.29 is 9.53 Å². The molecule has 0 bridgehead atoms. The molecule has 0 aliphatic carbocycles. The Balaban J connectivity index is 1.37. The Bertz CT molecular complexity index is 738. The Morgan fingerprint density at radius 3 is 2.84 bits per heavy atom. The van der Waals surface area contributed by atoms with E-state index in [-0.39, 0.29) is 6.09 Å². The van der Waals surface area contributed by atoms with Crippen molar-refractivity contribution in [1.29, 1.82) is 0 Å². The molecule has 2 fully saturated rings. The first-order valence-corrected chi connectivity index (χ1v) is 9.47. The van der Waals surface area contributed by atoms with Crippen molar-refractivity contribution >= 4 is 22.6 Å². The van der Waals surface area contributed by atoms with Crippen LogP contribution in [0.15, 0.2) is 42.5 Å². The quantitative estimate of drug-likeness (QED) is 0.885. The smallest absolute Gasteiger partial charge is 0.411 e. The number of nitrogens with zero attached hydrogens (tertiary/aromatic N) is 1. The van der Waals surface area contributed by atoms with Gasteiger partial charge in [0.2, 0.25) is 0 Å². The van der Waals surface area contributed by atoms with Gasteiger partial charge in [0, 0.05) is 17.3 Å². The fourth-order valence-corrected chi connectivity index (χ4v) is 4.43. The highest BCUT2D eigenvalue weighted by atomic mass is 16.5. The molecule has 132 valence electrons. The average molecular weight is 338 g/mol. The minimum absolute atomic E-state index is 0.343. The molecule has 0 radical (unpaired) electrons. The number of hydrogen-bond acceptors (Lipinski definition) is 3. The predicted molar refractivity (Wildman–Crippen MR) is 101 cm³/mol. The van der Waals surface area contributed by atoms with E-state index in [0.717, 1.165) is 16.5 Å². The Hall–Kier alpha value is -2.07. The Kier molecular flexibility index (Phi) is 4.88. The summed E-state index contributed by atoms with van der Waals surface area (Å²) in [5.41, 5.74) is 0.811.